The lowest BCUT2D eigenvalue weighted by Gasteiger charge is -2.54. The Hall–Kier alpha value is -2.80. The van der Waals surface area contributed by atoms with Gasteiger partial charge in [0.05, 0.1) is 37.6 Å². The van der Waals surface area contributed by atoms with E-state index in [2.05, 4.69) is 15.9 Å². The summed E-state index contributed by atoms with van der Waals surface area (Å²) in [7, 11) is 3.14. The van der Waals surface area contributed by atoms with Crippen LogP contribution in [-0.2, 0) is 11.2 Å². The average molecular weight is 493 g/mol. The molecule has 0 spiro atoms. The van der Waals surface area contributed by atoms with Crippen molar-refractivity contribution in [1.29, 1.82) is 0 Å². The molecule has 0 radical (unpaired) electrons. The zero-order valence-corrected chi connectivity index (χ0v) is 21.5. The highest BCUT2D eigenvalue weighted by Gasteiger charge is 2.46. The molecule has 7 heteroatoms. The van der Waals surface area contributed by atoms with Gasteiger partial charge >= 0.3 is 5.63 Å². The number of hydrogen-bond donors (Lipinski definition) is 0. The van der Waals surface area contributed by atoms with Gasteiger partial charge in [-0.05, 0) is 63.0 Å². The molecule has 4 aliphatic rings. The van der Waals surface area contributed by atoms with E-state index in [1.807, 2.05) is 6.92 Å². The molecule has 4 atom stereocenters. The first-order valence-electron chi connectivity index (χ1n) is 13.4. The smallest absolute Gasteiger partial charge is 0.340 e. The zero-order chi connectivity index (χ0) is 25.0. The molecule has 7 nitrogen and oxygen atoms in total. The van der Waals surface area contributed by atoms with Crippen molar-refractivity contribution in [3.05, 3.63) is 45.3 Å². The topological polar surface area (TPSA) is 72.2 Å². The molecule has 6 rings (SSSR count). The first-order chi connectivity index (χ1) is 17.5. The van der Waals surface area contributed by atoms with E-state index in [-0.39, 0.29) is 18.4 Å². The lowest BCUT2D eigenvalue weighted by Crippen LogP contribution is -2.60. The number of piperidine rings is 3. The Morgan fingerprint density at radius 1 is 1.14 bits per heavy atom. The summed E-state index contributed by atoms with van der Waals surface area (Å²) in [5, 5.41) is 0.712. The molecule has 0 saturated carbocycles. The van der Waals surface area contributed by atoms with Crippen molar-refractivity contribution >= 4 is 16.9 Å². The van der Waals surface area contributed by atoms with Crippen LogP contribution in [0.4, 0.5) is 0 Å². The predicted octanol–water partition coefficient (Wildman–Crippen LogP) is 4.08. The summed E-state index contributed by atoms with van der Waals surface area (Å²) in [5.41, 5.74) is 2.55. The fourth-order valence-electron chi connectivity index (χ4n) is 7.47. The second kappa shape index (κ2) is 9.25. The fraction of sp³-hybridized carbons (Fsp3) is 0.586. The van der Waals surface area contributed by atoms with Gasteiger partial charge in [0, 0.05) is 31.3 Å². The molecular weight excluding hydrogens is 456 g/mol. The molecule has 1 amide bonds. The number of hydrogen-bond acceptors (Lipinski definition) is 6. The summed E-state index contributed by atoms with van der Waals surface area (Å²) in [5.74, 6) is 2.25. The molecule has 1 aromatic heterocycles. The largest absolute Gasteiger partial charge is 0.496 e. The number of likely N-dealkylation sites (tertiary alicyclic amines) is 1. The number of aryl methyl sites for hydroxylation is 1. The molecule has 3 aliphatic heterocycles. The first kappa shape index (κ1) is 23.6. The van der Waals surface area contributed by atoms with Gasteiger partial charge in [-0.25, -0.2) is 4.79 Å². The van der Waals surface area contributed by atoms with Crippen LogP contribution in [0.5, 0.6) is 11.5 Å². The fourth-order valence-corrected chi connectivity index (χ4v) is 7.47. The van der Waals surface area contributed by atoms with Crippen LogP contribution in [0.15, 0.2) is 33.0 Å². The quantitative estimate of drug-likeness (QED) is 0.473. The third-order valence-corrected chi connectivity index (χ3v) is 9.08. The zero-order valence-electron chi connectivity index (χ0n) is 21.5. The molecule has 4 unspecified atom stereocenters. The van der Waals surface area contributed by atoms with Crippen LogP contribution in [-0.4, -0.2) is 61.6 Å². The van der Waals surface area contributed by atoms with E-state index in [9.17, 15) is 9.59 Å². The van der Waals surface area contributed by atoms with Gasteiger partial charge < -0.3 is 18.8 Å². The maximum absolute atomic E-state index is 13.8. The molecule has 1 aromatic carbocycles. The molecule has 0 N–H and O–H groups in total. The predicted molar refractivity (Wildman–Crippen MR) is 138 cm³/mol. The van der Waals surface area contributed by atoms with E-state index >= 15 is 0 Å². The number of nitrogens with zero attached hydrogens (tertiary/aromatic N) is 2. The molecule has 3 fully saturated rings. The maximum Gasteiger partial charge on any atom is 0.340 e. The Morgan fingerprint density at radius 3 is 2.81 bits per heavy atom. The second-order valence-electron chi connectivity index (χ2n) is 11.0. The number of ether oxygens (including phenoxy) is 2. The molecule has 3 saturated heterocycles. The second-order valence-corrected chi connectivity index (χ2v) is 11.0. The van der Waals surface area contributed by atoms with Gasteiger partial charge in [-0.1, -0.05) is 18.1 Å². The van der Waals surface area contributed by atoms with E-state index in [1.165, 1.54) is 37.8 Å². The number of carbonyl (C=O) groups is 1. The average Bonchev–Trinajstić information content (AvgIpc) is 2.89. The number of methoxy groups -OCH3 is 2. The van der Waals surface area contributed by atoms with Crippen molar-refractivity contribution in [3.63, 3.8) is 0 Å². The summed E-state index contributed by atoms with van der Waals surface area (Å²) < 4.78 is 16.6. The van der Waals surface area contributed by atoms with Gasteiger partial charge in [0.15, 0.2) is 0 Å². The SMILES string of the molecule is COc1cc(OC)c2c(C)c(CC(=O)N3CCCC4=CC5CC(CN6CCCCC56)C43)c(=O)oc2c1. The Kier molecular flexibility index (Phi) is 6.06. The maximum atomic E-state index is 13.8. The van der Waals surface area contributed by atoms with E-state index in [0.717, 1.165) is 31.5 Å². The van der Waals surface area contributed by atoms with Crippen molar-refractivity contribution in [2.45, 2.75) is 64.0 Å². The van der Waals surface area contributed by atoms with Crippen LogP contribution in [0, 0.1) is 18.8 Å². The molecule has 2 aromatic rings. The summed E-state index contributed by atoms with van der Waals surface area (Å²) >= 11 is 0. The third kappa shape index (κ3) is 3.83. The Bertz CT molecular complexity index is 1280. The third-order valence-electron chi connectivity index (χ3n) is 9.08. The van der Waals surface area contributed by atoms with Gasteiger partial charge in [-0.2, -0.15) is 0 Å². The van der Waals surface area contributed by atoms with Crippen molar-refractivity contribution in [1.82, 2.24) is 9.80 Å². The summed E-state index contributed by atoms with van der Waals surface area (Å²) in [4.78, 5) is 31.6. The van der Waals surface area contributed by atoms with Gasteiger partial charge in [-0.3, -0.25) is 9.69 Å². The van der Waals surface area contributed by atoms with Crippen LogP contribution in [0.1, 0.15) is 49.7 Å². The van der Waals surface area contributed by atoms with Crippen LogP contribution in [0.3, 0.4) is 0 Å². The van der Waals surface area contributed by atoms with Gasteiger partial charge in [0.2, 0.25) is 5.91 Å². The molecular formula is C29H36N2O5. The van der Waals surface area contributed by atoms with Crippen molar-refractivity contribution in [2.75, 3.05) is 33.9 Å². The van der Waals surface area contributed by atoms with Crippen LogP contribution in [0.25, 0.3) is 11.0 Å². The lowest BCUT2D eigenvalue weighted by molar-refractivity contribution is -0.135. The number of benzene rings is 1. The van der Waals surface area contributed by atoms with E-state index < -0.39 is 5.63 Å². The normalized spacial score (nSPS) is 27.8. The number of rotatable bonds is 4. The monoisotopic (exact) mass is 492 g/mol. The Labute approximate surface area is 212 Å². The van der Waals surface area contributed by atoms with E-state index in [0.29, 0.717) is 45.9 Å². The minimum absolute atomic E-state index is 0.0204. The lowest BCUT2D eigenvalue weighted by atomic mass is 9.68. The summed E-state index contributed by atoms with van der Waals surface area (Å²) in [6, 6.07) is 4.32. The number of carbonyl (C=O) groups excluding carboxylic acids is 1. The van der Waals surface area contributed by atoms with E-state index in [4.69, 9.17) is 13.9 Å². The van der Waals surface area contributed by atoms with E-state index in [1.54, 1.807) is 26.4 Å². The standard InChI is InChI=1S/C29H36N2O5/c1-17-22(29(33)36-25-14-21(34-2)13-24(35-3)27(17)25)15-26(32)31-10-6-7-18-11-19-12-20(28(18)31)16-30-9-5-4-8-23(19)30/h11,13-14,19-20,23,28H,4-10,12,15-16H2,1-3H3. The highest BCUT2D eigenvalue weighted by Crippen LogP contribution is 2.45. The Morgan fingerprint density at radius 2 is 2.00 bits per heavy atom. The van der Waals surface area contributed by atoms with Crippen LogP contribution >= 0.6 is 0 Å². The minimum atomic E-state index is -0.464. The molecule has 2 bridgehead atoms. The highest BCUT2D eigenvalue weighted by atomic mass is 16.5. The van der Waals surface area contributed by atoms with Gasteiger partial charge in [0.25, 0.3) is 0 Å². The van der Waals surface area contributed by atoms with Crippen molar-refractivity contribution < 1.29 is 18.7 Å². The van der Waals surface area contributed by atoms with Crippen LogP contribution < -0.4 is 15.1 Å². The summed E-state index contributed by atoms with van der Waals surface area (Å²) in [6.07, 6.45) is 9.75. The minimum Gasteiger partial charge on any atom is -0.496 e. The van der Waals surface area contributed by atoms with Gasteiger partial charge in [0.1, 0.15) is 17.1 Å². The highest BCUT2D eigenvalue weighted by molar-refractivity contribution is 5.90. The molecule has 1 aliphatic carbocycles. The van der Waals surface area contributed by atoms with Crippen molar-refractivity contribution in [3.8, 4) is 11.5 Å². The first-order valence-corrected chi connectivity index (χ1v) is 13.4. The number of amides is 1. The number of fused-ring (bicyclic) bond motifs is 7. The molecule has 4 heterocycles. The van der Waals surface area contributed by atoms with Crippen LogP contribution in [0.2, 0.25) is 0 Å². The van der Waals surface area contributed by atoms with Gasteiger partial charge in [-0.15, -0.1) is 0 Å². The molecule has 192 valence electrons. The summed E-state index contributed by atoms with van der Waals surface area (Å²) in [6.45, 7) is 4.90. The Balaban J connectivity index is 1.31. The van der Waals surface area contributed by atoms with Crippen molar-refractivity contribution in [2.24, 2.45) is 11.8 Å². The molecule has 36 heavy (non-hydrogen) atoms.